The Morgan fingerprint density at radius 3 is 2.44 bits per heavy atom. The predicted octanol–water partition coefficient (Wildman–Crippen LogP) is 4.17. The Balaban J connectivity index is 1.49. The average Bonchev–Trinajstić information content (AvgIpc) is 3.69. The third kappa shape index (κ3) is 6.04. The number of carbonyl (C=O) groups excluding carboxylic acids is 1. The van der Waals surface area contributed by atoms with Crippen LogP contribution in [-0.4, -0.2) is 40.9 Å². The number of nitroso groups, excluding NO2 is 1. The van der Waals surface area contributed by atoms with Gasteiger partial charge in [-0.2, -0.15) is 0 Å². The molecular weight excluding hydrogens is 558 g/mol. The Morgan fingerprint density at radius 1 is 1.09 bits per heavy atom. The highest BCUT2D eigenvalue weighted by molar-refractivity contribution is 5.89. The maximum atomic E-state index is 13.5. The summed E-state index contributed by atoms with van der Waals surface area (Å²) < 4.78 is 17.1. The zero-order valence-electron chi connectivity index (χ0n) is 24.0. The molecule has 0 fully saturated rings. The number of tetrazole rings is 1. The van der Waals surface area contributed by atoms with E-state index in [0.29, 0.717) is 17.8 Å². The number of aromatic nitrogens is 6. The average molecular weight is 588 g/mol. The lowest BCUT2D eigenvalue weighted by atomic mass is 9.98. The molecule has 2 aromatic carbocycles. The van der Waals surface area contributed by atoms with Gasteiger partial charge in [0.25, 0.3) is 0 Å². The smallest absolute Gasteiger partial charge is 0.453 e. The Morgan fingerprint density at radius 2 is 1.81 bits per heavy atom. The van der Waals surface area contributed by atoms with E-state index in [2.05, 4.69) is 25.8 Å². The van der Waals surface area contributed by atoms with Gasteiger partial charge in [0.05, 0.1) is 5.29 Å². The van der Waals surface area contributed by atoms with E-state index in [9.17, 15) is 19.6 Å². The molecule has 0 aliphatic heterocycles. The van der Waals surface area contributed by atoms with Crippen molar-refractivity contribution in [1.82, 2.24) is 29.9 Å². The van der Waals surface area contributed by atoms with Gasteiger partial charge >= 0.3 is 11.8 Å². The number of benzene rings is 2. The van der Waals surface area contributed by atoms with E-state index in [4.69, 9.17) is 13.6 Å². The normalized spacial score (nSPS) is 11.6. The lowest BCUT2D eigenvalue weighted by molar-refractivity contribution is 0.0395. The number of carbonyl (C=O) groups is 1. The second kappa shape index (κ2) is 11.9. The highest BCUT2D eigenvalue weighted by Gasteiger charge is 2.33. The molecule has 5 rings (SSSR count). The first-order valence-corrected chi connectivity index (χ1v) is 13.5. The molecule has 0 saturated carbocycles. The number of nitrogens with zero attached hydrogens (tertiary/aromatic N) is 7. The van der Waals surface area contributed by atoms with Crippen molar-refractivity contribution in [3.05, 3.63) is 98.4 Å². The van der Waals surface area contributed by atoms with Crippen LogP contribution < -0.4 is 5.82 Å². The van der Waals surface area contributed by atoms with Crippen molar-refractivity contribution >= 4 is 5.97 Å². The van der Waals surface area contributed by atoms with Crippen molar-refractivity contribution in [1.29, 1.82) is 0 Å². The minimum Gasteiger partial charge on any atom is -0.453 e. The number of aryl methyl sites for hydroxylation is 2. The van der Waals surface area contributed by atoms with Gasteiger partial charge in [-0.3, -0.25) is 0 Å². The van der Waals surface area contributed by atoms with Gasteiger partial charge in [0, 0.05) is 18.5 Å². The second-order valence-corrected chi connectivity index (χ2v) is 10.3. The number of rotatable bonds is 11. The summed E-state index contributed by atoms with van der Waals surface area (Å²) in [7, 11) is 0. The van der Waals surface area contributed by atoms with Gasteiger partial charge in [-0.25, -0.2) is 14.6 Å². The molecule has 5 aromatic rings. The van der Waals surface area contributed by atoms with Gasteiger partial charge in [0.1, 0.15) is 17.1 Å². The van der Waals surface area contributed by atoms with Gasteiger partial charge in [-0.1, -0.05) is 60.2 Å². The van der Waals surface area contributed by atoms with Crippen molar-refractivity contribution in [2.24, 2.45) is 5.29 Å². The topological polar surface area (TPSA) is 181 Å². The Labute approximate surface area is 244 Å². The number of hydrogen-bond donors (Lipinski definition) is 1. The van der Waals surface area contributed by atoms with E-state index in [1.54, 1.807) is 24.5 Å². The first kappa shape index (κ1) is 29.3. The summed E-state index contributed by atoms with van der Waals surface area (Å²) in [5, 5.41) is 24.9. The molecule has 0 bridgehead atoms. The van der Waals surface area contributed by atoms with Crippen LogP contribution in [0.1, 0.15) is 66.3 Å². The van der Waals surface area contributed by atoms with E-state index >= 15 is 0 Å². The molecule has 14 heteroatoms. The minimum atomic E-state index is -1.44. The Hall–Kier alpha value is -5.24. The highest BCUT2D eigenvalue weighted by Crippen LogP contribution is 2.32. The van der Waals surface area contributed by atoms with Crippen LogP contribution in [0.25, 0.3) is 22.5 Å². The standard InChI is InChI=1S/C29H29N7O7/c1-5-8-23-30-25(29(3,4)39)24(27(37)41-16-22-17(2)42-28(38)43-22)35(23)15-18-11-13-19(14-12-18)20-9-6-7-10-21(20)26-31-32-33-36(26)34-40/h6-7,9-14,39H,5,8,15-16H2,1-4H3. The van der Waals surface area contributed by atoms with Crippen LogP contribution in [-0.2, 0) is 29.9 Å². The summed E-state index contributed by atoms with van der Waals surface area (Å²) >= 11 is 0. The molecule has 0 aliphatic carbocycles. The molecule has 0 unspecified atom stereocenters. The predicted molar refractivity (Wildman–Crippen MR) is 152 cm³/mol. The Bertz CT molecular complexity index is 1820. The molecule has 0 saturated heterocycles. The van der Waals surface area contributed by atoms with Crippen LogP contribution in [0.2, 0.25) is 0 Å². The van der Waals surface area contributed by atoms with Crippen molar-refractivity contribution in [2.75, 3.05) is 0 Å². The third-order valence-corrected chi connectivity index (χ3v) is 6.77. The summed E-state index contributed by atoms with van der Waals surface area (Å²) in [6, 6.07) is 15.0. The fourth-order valence-corrected chi connectivity index (χ4v) is 4.72. The fourth-order valence-electron chi connectivity index (χ4n) is 4.72. The van der Waals surface area contributed by atoms with Crippen LogP contribution in [0, 0.1) is 11.8 Å². The summed E-state index contributed by atoms with van der Waals surface area (Å²) in [5.41, 5.74) is 1.94. The minimum absolute atomic E-state index is 0.0943. The van der Waals surface area contributed by atoms with Crippen molar-refractivity contribution in [2.45, 2.75) is 59.3 Å². The van der Waals surface area contributed by atoms with Gasteiger partial charge in [-0.05, 0) is 54.3 Å². The van der Waals surface area contributed by atoms with Crippen LogP contribution in [0.15, 0.2) is 67.4 Å². The molecule has 222 valence electrons. The summed E-state index contributed by atoms with van der Waals surface area (Å²) in [5.74, 6) is -0.494. The first-order chi connectivity index (χ1) is 20.6. The molecule has 1 N–H and O–H groups in total. The third-order valence-electron chi connectivity index (χ3n) is 6.77. The quantitative estimate of drug-likeness (QED) is 0.173. The number of imidazole rings is 1. The zero-order chi connectivity index (χ0) is 30.7. The Kier molecular flexibility index (Phi) is 8.12. The number of ether oxygens (including phenoxy) is 1. The van der Waals surface area contributed by atoms with E-state index in [-0.39, 0.29) is 41.9 Å². The fraction of sp³-hybridized carbons (Fsp3) is 0.310. The molecule has 14 nitrogen and oxygen atoms in total. The monoisotopic (exact) mass is 587 g/mol. The van der Waals surface area contributed by atoms with Crippen LogP contribution in [0.4, 0.5) is 0 Å². The molecule has 0 radical (unpaired) electrons. The second-order valence-electron chi connectivity index (χ2n) is 10.3. The number of aliphatic hydroxyl groups is 1. The first-order valence-electron chi connectivity index (χ1n) is 13.5. The summed E-state index contributed by atoms with van der Waals surface area (Å²) in [6.45, 7) is 6.56. The molecule has 0 aliphatic rings. The molecule has 0 spiro atoms. The van der Waals surface area contributed by atoms with E-state index in [1.807, 2.05) is 49.4 Å². The highest BCUT2D eigenvalue weighted by atomic mass is 16.6. The van der Waals surface area contributed by atoms with E-state index in [1.165, 1.54) is 6.92 Å². The molecule has 0 amide bonds. The van der Waals surface area contributed by atoms with Crippen LogP contribution >= 0.6 is 0 Å². The SMILES string of the molecule is CCCc1nc(C(C)(C)O)c(C(=O)OCc2oc(=O)oc2C)n1Cc1ccc(-c2ccccc2-c2nnnn2N=O)cc1. The molecular formula is C29H29N7O7. The zero-order valence-corrected chi connectivity index (χ0v) is 24.0. The molecule has 0 atom stereocenters. The van der Waals surface area contributed by atoms with Crippen molar-refractivity contribution in [3.8, 4) is 22.5 Å². The van der Waals surface area contributed by atoms with E-state index < -0.39 is 17.4 Å². The van der Waals surface area contributed by atoms with Crippen molar-refractivity contribution in [3.63, 3.8) is 0 Å². The molecule has 3 heterocycles. The van der Waals surface area contributed by atoms with Crippen LogP contribution in [0.5, 0.6) is 0 Å². The van der Waals surface area contributed by atoms with Gasteiger partial charge in [0.2, 0.25) is 5.82 Å². The molecule has 43 heavy (non-hydrogen) atoms. The van der Waals surface area contributed by atoms with Gasteiger partial charge in [0.15, 0.2) is 23.8 Å². The van der Waals surface area contributed by atoms with Crippen molar-refractivity contribution < 1.29 is 23.5 Å². The maximum Gasteiger partial charge on any atom is 0.519 e. The molecule has 3 aromatic heterocycles. The lowest BCUT2D eigenvalue weighted by Gasteiger charge is -2.18. The van der Waals surface area contributed by atoms with Gasteiger partial charge < -0.3 is 23.2 Å². The van der Waals surface area contributed by atoms with Crippen LogP contribution in [0.3, 0.4) is 0 Å². The summed E-state index contributed by atoms with van der Waals surface area (Å²) in [6.07, 6.45) is 1.30. The number of esters is 1. The summed E-state index contributed by atoms with van der Waals surface area (Å²) in [4.78, 5) is 41.5. The van der Waals surface area contributed by atoms with E-state index in [0.717, 1.165) is 27.9 Å². The number of hydrogen-bond acceptors (Lipinski definition) is 12. The lowest BCUT2D eigenvalue weighted by Crippen LogP contribution is -2.23. The largest absolute Gasteiger partial charge is 0.519 e. The maximum absolute atomic E-state index is 13.5. The van der Waals surface area contributed by atoms with Gasteiger partial charge in [-0.15, -0.1) is 10.0 Å².